The van der Waals surface area contributed by atoms with Gasteiger partial charge in [0.05, 0.1) is 18.1 Å². The van der Waals surface area contributed by atoms with E-state index < -0.39 is 47.9 Å². The largest absolute Gasteiger partial charge is 0.508 e. The molecule has 1 aromatic heterocycles. The molecule has 8 N–H and O–H groups in total. The molecule has 3 unspecified atom stereocenters. The molecular weight excluding hydrogens is 799 g/mol. The lowest BCUT2D eigenvalue weighted by Gasteiger charge is -2.25. The van der Waals surface area contributed by atoms with Crippen LogP contribution in [0.15, 0.2) is 85.3 Å². The fourth-order valence-corrected chi connectivity index (χ4v) is 7.07. The summed E-state index contributed by atoms with van der Waals surface area (Å²) < 4.78 is 1.85. The van der Waals surface area contributed by atoms with Crippen LogP contribution in [0.25, 0.3) is 5.69 Å². The molecule has 0 aliphatic heterocycles. The summed E-state index contributed by atoms with van der Waals surface area (Å²) in [5.74, 6) is -3.24. The quantitative estimate of drug-likeness (QED) is 0.0405. The Bertz CT molecular complexity index is 2080. The summed E-state index contributed by atoms with van der Waals surface area (Å²) >= 11 is 0. The van der Waals surface area contributed by atoms with E-state index in [-0.39, 0.29) is 42.8 Å². The lowest BCUT2D eigenvalue weighted by Crippen LogP contribution is -2.58. The van der Waals surface area contributed by atoms with Gasteiger partial charge in [0.2, 0.25) is 23.6 Å². The lowest BCUT2D eigenvalue weighted by atomic mass is 9.87. The molecular formula is C49H67N7O7. The highest BCUT2D eigenvalue weighted by atomic mass is 16.4. The monoisotopic (exact) mass is 866 g/mol. The number of hydrogen-bond donors (Lipinski definition) is 7. The molecule has 1 heterocycles. The lowest BCUT2D eigenvalue weighted by molar-refractivity contribution is -0.142. The third-order valence-electron chi connectivity index (χ3n) is 11.0. The smallest absolute Gasteiger partial charge is 0.326 e. The van der Waals surface area contributed by atoms with Crippen molar-refractivity contribution in [3.8, 4) is 11.4 Å². The molecule has 0 bridgehead atoms. The first-order valence-electron chi connectivity index (χ1n) is 22.2. The van der Waals surface area contributed by atoms with Gasteiger partial charge < -0.3 is 41.8 Å². The highest BCUT2D eigenvalue weighted by molar-refractivity contribution is 5.94. The van der Waals surface area contributed by atoms with E-state index in [4.69, 9.17) is 5.73 Å². The number of nitrogens with one attached hydrogen (secondary N) is 4. The number of hydrogen-bond acceptors (Lipinski definition) is 8. The van der Waals surface area contributed by atoms with Crippen LogP contribution < -0.4 is 27.0 Å². The Morgan fingerprint density at radius 2 is 1.30 bits per heavy atom. The van der Waals surface area contributed by atoms with Crippen LogP contribution in [0.4, 0.5) is 0 Å². The number of unbranched alkanes of at least 4 members (excludes halogenated alkanes) is 5. The summed E-state index contributed by atoms with van der Waals surface area (Å²) in [6.07, 6.45) is 10.3. The molecule has 0 saturated carbocycles. The standard InChI is InChI=1S/C49H67N7O7/c1-6-7-8-9-10-14-44(58)51-27-12-11-13-41(53-45(59)40(50)30-37-31-56(32-52-37)38-23-21-36(22-24-38)49(3,4)5)46(60)54-42(28-34-17-15-33(2)16-18-34)47(61)55-43(48(62)63)29-35-19-25-39(57)26-20-35/h15-26,31-32,40-43,57H,6-14,27-30,50H2,1-5H3,(H,51,58)(H,53,59)(H,54,60)(H,55,61)(H,62,63)/t40?,41?,42?,43-/m0/s1. The summed E-state index contributed by atoms with van der Waals surface area (Å²) in [5.41, 5.74) is 11.4. The van der Waals surface area contributed by atoms with Crippen LogP contribution in [0.3, 0.4) is 0 Å². The molecule has 63 heavy (non-hydrogen) atoms. The Hall–Kier alpha value is -6.02. The molecule has 340 valence electrons. The van der Waals surface area contributed by atoms with E-state index in [1.54, 1.807) is 18.5 Å². The molecule has 4 aromatic rings. The van der Waals surface area contributed by atoms with Crippen molar-refractivity contribution >= 4 is 29.6 Å². The number of carbonyl (C=O) groups is 5. The highest BCUT2D eigenvalue weighted by Gasteiger charge is 2.31. The van der Waals surface area contributed by atoms with Crippen molar-refractivity contribution in [2.24, 2.45) is 5.73 Å². The molecule has 4 atom stereocenters. The predicted octanol–water partition coefficient (Wildman–Crippen LogP) is 5.73. The van der Waals surface area contributed by atoms with E-state index in [0.29, 0.717) is 37.1 Å². The number of aromatic nitrogens is 2. The number of benzene rings is 3. The molecule has 3 aromatic carbocycles. The van der Waals surface area contributed by atoms with Crippen LogP contribution in [-0.4, -0.2) is 80.1 Å². The number of carboxylic acid groups (broad SMARTS) is 1. The van der Waals surface area contributed by atoms with Crippen molar-refractivity contribution in [3.05, 3.63) is 113 Å². The molecule has 0 aliphatic rings. The Balaban J connectivity index is 1.48. The van der Waals surface area contributed by atoms with Gasteiger partial charge in [0.25, 0.3) is 0 Å². The maximum atomic E-state index is 14.2. The van der Waals surface area contributed by atoms with Crippen LogP contribution in [-0.2, 0) is 48.7 Å². The maximum absolute atomic E-state index is 14.2. The van der Waals surface area contributed by atoms with E-state index in [1.807, 2.05) is 54.1 Å². The molecule has 4 rings (SSSR count). The SMILES string of the molecule is CCCCCCCC(=O)NCCCCC(NC(=O)C(N)Cc1cn(-c2ccc(C(C)(C)C)cc2)cn1)C(=O)NC(Cc1ccc(C)cc1)C(=O)N[C@@H](Cc1ccc(O)cc1)C(=O)O. The minimum absolute atomic E-state index is 0.00395. The van der Waals surface area contributed by atoms with Gasteiger partial charge in [-0.3, -0.25) is 19.2 Å². The first-order chi connectivity index (χ1) is 30.0. The highest BCUT2D eigenvalue weighted by Crippen LogP contribution is 2.23. The number of amides is 4. The van der Waals surface area contributed by atoms with Crippen LogP contribution >= 0.6 is 0 Å². The van der Waals surface area contributed by atoms with E-state index >= 15 is 0 Å². The van der Waals surface area contributed by atoms with Crippen molar-refractivity contribution in [2.75, 3.05) is 6.54 Å². The second-order valence-electron chi connectivity index (χ2n) is 17.5. The number of nitrogens with zero attached hydrogens (tertiary/aromatic N) is 2. The third kappa shape index (κ3) is 17.0. The van der Waals surface area contributed by atoms with Gasteiger partial charge in [0.15, 0.2) is 0 Å². The van der Waals surface area contributed by atoms with Gasteiger partial charge in [-0.15, -0.1) is 0 Å². The van der Waals surface area contributed by atoms with Gasteiger partial charge in [-0.1, -0.05) is 107 Å². The van der Waals surface area contributed by atoms with E-state index in [2.05, 4.69) is 66.1 Å². The maximum Gasteiger partial charge on any atom is 0.326 e. The number of phenolic OH excluding ortho intramolecular Hbond substituents is 1. The number of rotatable bonds is 25. The number of imidazole rings is 1. The van der Waals surface area contributed by atoms with E-state index in [9.17, 15) is 34.2 Å². The first kappa shape index (κ1) is 49.6. The van der Waals surface area contributed by atoms with Crippen molar-refractivity contribution in [2.45, 2.75) is 141 Å². The Labute approximate surface area is 371 Å². The summed E-state index contributed by atoms with van der Waals surface area (Å²) in [6.45, 7) is 10.9. The molecule has 0 fully saturated rings. The van der Waals surface area contributed by atoms with Crippen molar-refractivity contribution < 1.29 is 34.2 Å². The zero-order valence-corrected chi connectivity index (χ0v) is 37.5. The average molecular weight is 866 g/mol. The van der Waals surface area contributed by atoms with Gasteiger partial charge >= 0.3 is 5.97 Å². The number of aliphatic carboxylic acids is 1. The first-order valence-corrected chi connectivity index (χ1v) is 22.2. The second kappa shape index (κ2) is 24.6. The van der Waals surface area contributed by atoms with E-state index in [1.165, 1.54) is 17.7 Å². The molecule has 14 nitrogen and oxygen atoms in total. The number of aromatic hydroxyl groups is 1. The number of carbonyl (C=O) groups excluding carboxylic acids is 4. The zero-order valence-electron chi connectivity index (χ0n) is 37.5. The van der Waals surface area contributed by atoms with Crippen molar-refractivity contribution in [1.29, 1.82) is 0 Å². The van der Waals surface area contributed by atoms with Crippen LogP contribution in [0, 0.1) is 6.92 Å². The van der Waals surface area contributed by atoms with Crippen molar-refractivity contribution in [3.63, 3.8) is 0 Å². The third-order valence-corrected chi connectivity index (χ3v) is 11.0. The second-order valence-corrected chi connectivity index (χ2v) is 17.5. The molecule has 4 amide bonds. The van der Waals surface area contributed by atoms with Crippen LogP contribution in [0.5, 0.6) is 5.75 Å². The fraction of sp³-hybridized carbons (Fsp3) is 0.469. The van der Waals surface area contributed by atoms with Gasteiger partial charge in [0.1, 0.15) is 23.9 Å². The summed E-state index contributed by atoms with van der Waals surface area (Å²) in [7, 11) is 0. The average Bonchev–Trinajstić information content (AvgIpc) is 3.72. The number of phenols is 1. The molecule has 0 aliphatic carbocycles. The van der Waals surface area contributed by atoms with Gasteiger partial charge in [-0.05, 0) is 79.0 Å². The summed E-state index contributed by atoms with van der Waals surface area (Å²) in [4.78, 5) is 71.1. The zero-order chi connectivity index (χ0) is 45.9. The van der Waals surface area contributed by atoms with E-state index in [0.717, 1.165) is 48.9 Å². The number of carboxylic acids is 1. The van der Waals surface area contributed by atoms with Gasteiger partial charge in [0, 0.05) is 44.1 Å². The van der Waals surface area contributed by atoms with Crippen LogP contribution in [0.2, 0.25) is 0 Å². The minimum atomic E-state index is -1.34. The number of nitrogens with two attached hydrogens (primary N) is 1. The normalized spacial score (nSPS) is 13.3. The molecule has 14 heteroatoms. The Kier molecular flexibility index (Phi) is 19.4. The Morgan fingerprint density at radius 1 is 0.714 bits per heavy atom. The fourth-order valence-electron chi connectivity index (χ4n) is 7.07. The Morgan fingerprint density at radius 3 is 1.94 bits per heavy atom. The topological polar surface area (TPSA) is 218 Å². The van der Waals surface area contributed by atoms with Crippen molar-refractivity contribution in [1.82, 2.24) is 30.8 Å². The molecule has 0 saturated heterocycles. The minimum Gasteiger partial charge on any atom is -0.508 e. The van der Waals surface area contributed by atoms with Gasteiger partial charge in [-0.25, -0.2) is 9.78 Å². The molecule has 0 radical (unpaired) electrons. The number of aryl methyl sites for hydroxylation is 1. The van der Waals surface area contributed by atoms with Gasteiger partial charge in [-0.2, -0.15) is 0 Å². The summed E-state index contributed by atoms with van der Waals surface area (Å²) in [6, 6.07) is 16.8. The summed E-state index contributed by atoms with van der Waals surface area (Å²) in [5, 5.41) is 30.9. The van der Waals surface area contributed by atoms with Crippen LogP contribution in [0.1, 0.15) is 113 Å². The molecule has 0 spiro atoms. The predicted molar refractivity (Wildman–Crippen MR) is 244 cm³/mol.